The zero-order chi connectivity index (χ0) is 20.2. The molecule has 0 bridgehead atoms. The second kappa shape index (κ2) is 8.44. The van der Waals surface area contributed by atoms with Gasteiger partial charge in [-0.1, -0.05) is 17.8 Å². The number of hydrogen-bond donors (Lipinski definition) is 1. The highest BCUT2D eigenvalue weighted by molar-refractivity contribution is 8.00. The number of benzene rings is 2. The van der Waals surface area contributed by atoms with E-state index in [1.807, 2.05) is 42.5 Å². The van der Waals surface area contributed by atoms with Crippen molar-refractivity contribution in [1.29, 1.82) is 0 Å². The molecule has 2 heterocycles. The summed E-state index contributed by atoms with van der Waals surface area (Å²) in [6.45, 7) is 2.40. The minimum atomic E-state index is -0.395. The van der Waals surface area contributed by atoms with E-state index in [-0.39, 0.29) is 12.7 Å². The number of rotatable bonds is 7. The van der Waals surface area contributed by atoms with Crippen LogP contribution in [-0.4, -0.2) is 35.3 Å². The lowest BCUT2D eigenvalue weighted by atomic mass is 10.2. The van der Waals surface area contributed by atoms with Crippen molar-refractivity contribution in [3.8, 4) is 28.7 Å². The topological polar surface area (TPSA) is 95.7 Å². The Morgan fingerprint density at radius 1 is 1.17 bits per heavy atom. The third kappa shape index (κ3) is 4.45. The number of carbonyl (C=O) groups excluding carboxylic acids is 1. The molecular formula is C20H19N3O5S. The van der Waals surface area contributed by atoms with Crippen LogP contribution in [0.2, 0.25) is 0 Å². The SMILES string of the molecule is COc1ccc(-c2nnc(SC(C)C(=O)NCc3ccc4c(c3)OCO4)o2)cc1. The summed E-state index contributed by atoms with van der Waals surface area (Å²) in [6.07, 6.45) is 0. The van der Waals surface area contributed by atoms with Crippen LogP contribution < -0.4 is 19.5 Å². The predicted molar refractivity (Wildman–Crippen MR) is 106 cm³/mol. The Balaban J connectivity index is 1.32. The highest BCUT2D eigenvalue weighted by atomic mass is 32.2. The van der Waals surface area contributed by atoms with Crippen LogP contribution in [0.25, 0.3) is 11.5 Å². The molecule has 0 fully saturated rings. The molecule has 150 valence electrons. The van der Waals surface area contributed by atoms with Gasteiger partial charge in [0, 0.05) is 12.1 Å². The molecular weight excluding hydrogens is 394 g/mol. The highest BCUT2D eigenvalue weighted by Crippen LogP contribution is 2.32. The molecule has 1 N–H and O–H groups in total. The largest absolute Gasteiger partial charge is 0.497 e. The smallest absolute Gasteiger partial charge is 0.277 e. The fourth-order valence-corrected chi connectivity index (χ4v) is 3.40. The summed E-state index contributed by atoms with van der Waals surface area (Å²) in [7, 11) is 1.61. The van der Waals surface area contributed by atoms with E-state index in [4.69, 9.17) is 18.6 Å². The van der Waals surface area contributed by atoms with E-state index < -0.39 is 5.25 Å². The van der Waals surface area contributed by atoms with Crippen molar-refractivity contribution in [2.75, 3.05) is 13.9 Å². The van der Waals surface area contributed by atoms with Gasteiger partial charge in [0.05, 0.1) is 12.4 Å². The first-order chi connectivity index (χ1) is 14.1. The Morgan fingerprint density at radius 3 is 2.76 bits per heavy atom. The van der Waals surface area contributed by atoms with Crippen LogP contribution in [0.5, 0.6) is 17.2 Å². The molecule has 1 atom stereocenters. The van der Waals surface area contributed by atoms with Crippen molar-refractivity contribution >= 4 is 17.7 Å². The van der Waals surface area contributed by atoms with Gasteiger partial charge in [-0.2, -0.15) is 0 Å². The van der Waals surface area contributed by atoms with Gasteiger partial charge in [-0.15, -0.1) is 10.2 Å². The van der Waals surface area contributed by atoms with E-state index in [0.717, 1.165) is 16.9 Å². The molecule has 4 rings (SSSR count). The van der Waals surface area contributed by atoms with Crippen LogP contribution in [0.3, 0.4) is 0 Å². The van der Waals surface area contributed by atoms with Crippen LogP contribution in [0.1, 0.15) is 12.5 Å². The third-order valence-electron chi connectivity index (χ3n) is 4.29. The summed E-state index contributed by atoms with van der Waals surface area (Å²) in [5.41, 5.74) is 1.71. The van der Waals surface area contributed by atoms with Crippen LogP contribution >= 0.6 is 11.8 Å². The van der Waals surface area contributed by atoms with Crippen molar-refractivity contribution in [3.05, 3.63) is 48.0 Å². The lowest BCUT2D eigenvalue weighted by molar-refractivity contribution is -0.120. The molecule has 8 nitrogen and oxygen atoms in total. The summed E-state index contributed by atoms with van der Waals surface area (Å²) in [4.78, 5) is 12.4. The molecule has 0 saturated heterocycles. The van der Waals surface area contributed by atoms with Crippen molar-refractivity contribution in [1.82, 2.24) is 15.5 Å². The Hall–Kier alpha value is -3.20. The van der Waals surface area contributed by atoms with Crippen LogP contribution in [0.15, 0.2) is 52.1 Å². The van der Waals surface area contributed by atoms with Crippen LogP contribution in [0.4, 0.5) is 0 Å². The minimum absolute atomic E-state index is 0.128. The molecule has 3 aromatic rings. The molecule has 2 aromatic carbocycles. The maximum absolute atomic E-state index is 12.4. The molecule has 1 aliphatic heterocycles. The summed E-state index contributed by atoms with van der Waals surface area (Å²) in [6, 6.07) is 12.9. The molecule has 0 saturated carbocycles. The van der Waals surface area contributed by atoms with Gasteiger partial charge >= 0.3 is 0 Å². The Labute approximate surface area is 171 Å². The molecule has 1 unspecified atom stereocenters. The number of ether oxygens (including phenoxy) is 3. The predicted octanol–water partition coefficient (Wildman–Crippen LogP) is 3.27. The van der Waals surface area contributed by atoms with Crippen molar-refractivity contribution in [2.45, 2.75) is 23.9 Å². The standard InChI is InChI=1S/C20H19N3O5S/c1-12(18(24)21-10-13-3-8-16-17(9-13)27-11-26-16)29-20-23-22-19(28-20)14-4-6-15(25-2)7-5-14/h3-9,12H,10-11H2,1-2H3,(H,21,24). The van der Waals surface area contributed by atoms with E-state index in [1.165, 1.54) is 11.8 Å². The first-order valence-electron chi connectivity index (χ1n) is 8.93. The fourth-order valence-electron chi connectivity index (χ4n) is 2.70. The zero-order valence-corrected chi connectivity index (χ0v) is 16.7. The second-order valence-electron chi connectivity index (χ2n) is 6.27. The number of thioether (sulfide) groups is 1. The molecule has 0 aliphatic carbocycles. The lowest BCUT2D eigenvalue weighted by Crippen LogP contribution is -2.30. The Bertz CT molecular complexity index is 1010. The number of amides is 1. The number of nitrogens with zero attached hydrogens (tertiary/aromatic N) is 2. The first kappa shape index (κ1) is 19.1. The van der Waals surface area contributed by atoms with Crippen molar-refractivity contribution < 1.29 is 23.4 Å². The van der Waals surface area contributed by atoms with Gasteiger partial charge in [0.25, 0.3) is 5.22 Å². The van der Waals surface area contributed by atoms with Gasteiger partial charge < -0.3 is 23.9 Å². The number of methoxy groups -OCH3 is 1. The first-order valence-corrected chi connectivity index (χ1v) is 9.81. The van der Waals surface area contributed by atoms with Gasteiger partial charge in [-0.05, 0) is 48.9 Å². The molecule has 29 heavy (non-hydrogen) atoms. The van der Waals surface area contributed by atoms with E-state index in [2.05, 4.69) is 15.5 Å². The molecule has 0 spiro atoms. The van der Waals surface area contributed by atoms with Crippen LogP contribution in [-0.2, 0) is 11.3 Å². The molecule has 0 radical (unpaired) electrons. The van der Waals surface area contributed by atoms with Crippen molar-refractivity contribution in [2.24, 2.45) is 0 Å². The van der Waals surface area contributed by atoms with Gasteiger partial charge in [0.1, 0.15) is 5.75 Å². The number of nitrogens with one attached hydrogen (secondary N) is 1. The second-order valence-corrected chi connectivity index (χ2v) is 7.56. The Kier molecular flexibility index (Phi) is 5.57. The molecule has 1 aromatic heterocycles. The maximum Gasteiger partial charge on any atom is 0.277 e. The molecule has 1 aliphatic rings. The normalized spacial score (nSPS) is 13.2. The third-order valence-corrected chi connectivity index (χ3v) is 5.23. The monoisotopic (exact) mass is 413 g/mol. The van der Waals surface area contributed by atoms with E-state index in [0.29, 0.717) is 29.2 Å². The van der Waals surface area contributed by atoms with Crippen molar-refractivity contribution in [3.63, 3.8) is 0 Å². The molecule has 1 amide bonds. The van der Waals surface area contributed by atoms with Gasteiger partial charge in [-0.25, -0.2) is 0 Å². The quantitative estimate of drug-likeness (QED) is 0.590. The molecule has 9 heteroatoms. The highest BCUT2D eigenvalue weighted by Gasteiger charge is 2.19. The number of fused-ring (bicyclic) bond motifs is 1. The number of carbonyl (C=O) groups is 1. The summed E-state index contributed by atoms with van der Waals surface area (Å²) in [5, 5.41) is 10.9. The Morgan fingerprint density at radius 2 is 1.97 bits per heavy atom. The number of hydrogen-bond acceptors (Lipinski definition) is 8. The van der Waals surface area contributed by atoms with E-state index >= 15 is 0 Å². The van der Waals surface area contributed by atoms with E-state index in [1.54, 1.807) is 14.0 Å². The van der Waals surface area contributed by atoms with Gasteiger partial charge in [-0.3, -0.25) is 4.79 Å². The van der Waals surface area contributed by atoms with E-state index in [9.17, 15) is 4.79 Å². The fraction of sp³-hybridized carbons (Fsp3) is 0.250. The summed E-state index contributed by atoms with van der Waals surface area (Å²) < 4.78 is 21.4. The maximum atomic E-state index is 12.4. The average molecular weight is 413 g/mol. The van der Waals surface area contributed by atoms with Gasteiger partial charge in [0.2, 0.25) is 18.6 Å². The lowest BCUT2D eigenvalue weighted by Gasteiger charge is -2.10. The van der Waals surface area contributed by atoms with Crippen LogP contribution in [0, 0.1) is 0 Å². The van der Waals surface area contributed by atoms with Gasteiger partial charge in [0.15, 0.2) is 11.5 Å². The minimum Gasteiger partial charge on any atom is -0.497 e. The average Bonchev–Trinajstić information content (AvgIpc) is 3.41. The summed E-state index contributed by atoms with van der Waals surface area (Å²) >= 11 is 1.21. The number of aromatic nitrogens is 2. The summed E-state index contributed by atoms with van der Waals surface area (Å²) in [5.74, 6) is 2.42. The zero-order valence-electron chi connectivity index (χ0n) is 15.9.